The van der Waals surface area contributed by atoms with E-state index in [2.05, 4.69) is 5.32 Å². The van der Waals surface area contributed by atoms with Crippen LogP contribution in [-0.2, 0) is 26.2 Å². The summed E-state index contributed by atoms with van der Waals surface area (Å²) < 4.78 is 32.0. The molecule has 10 heteroatoms. The van der Waals surface area contributed by atoms with Gasteiger partial charge < -0.3 is 15.0 Å². The Morgan fingerprint density at radius 3 is 2.49 bits per heavy atom. The maximum atomic E-state index is 13.8. The van der Waals surface area contributed by atoms with Gasteiger partial charge in [-0.1, -0.05) is 49.6 Å². The zero-order valence-corrected chi connectivity index (χ0v) is 23.4. The first-order valence-corrected chi connectivity index (χ1v) is 14.7. The SMILES string of the molecule is CCC(C(=O)NC1CCCC1)N(Cc1cccc(OC)c1)C(=O)CN(c1cc(Cl)ccc1C)S(C)(=O)=O. The van der Waals surface area contributed by atoms with Gasteiger partial charge in [0.15, 0.2) is 0 Å². The molecule has 3 rings (SSSR count). The van der Waals surface area contributed by atoms with Crippen molar-refractivity contribution in [2.24, 2.45) is 0 Å². The number of carbonyl (C=O) groups excluding carboxylic acids is 2. The van der Waals surface area contributed by atoms with E-state index in [1.165, 1.54) is 11.0 Å². The summed E-state index contributed by atoms with van der Waals surface area (Å²) in [5, 5.41) is 3.46. The van der Waals surface area contributed by atoms with Gasteiger partial charge in [-0.25, -0.2) is 8.42 Å². The number of hydrogen-bond donors (Lipinski definition) is 1. The largest absolute Gasteiger partial charge is 0.497 e. The Kier molecular flexibility index (Phi) is 9.84. The van der Waals surface area contributed by atoms with Crippen LogP contribution in [0.2, 0.25) is 5.02 Å². The molecule has 37 heavy (non-hydrogen) atoms. The van der Waals surface area contributed by atoms with E-state index < -0.39 is 28.5 Å². The van der Waals surface area contributed by atoms with Crippen LogP contribution >= 0.6 is 11.6 Å². The molecular formula is C27H36ClN3O5S. The molecule has 0 bridgehead atoms. The lowest BCUT2D eigenvalue weighted by molar-refractivity contribution is -0.140. The van der Waals surface area contributed by atoms with Gasteiger partial charge in [-0.3, -0.25) is 13.9 Å². The van der Waals surface area contributed by atoms with Gasteiger partial charge in [0.05, 0.1) is 19.1 Å². The van der Waals surface area contributed by atoms with Crippen molar-refractivity contribution in [1.29, 1.82) is 0 Å². The summed E-state index contributed by atoms with van der Waals surface area (Å²) in [6, 6.07) is 11.5. The summed E-state index contributed by atoms with van der Waals surface area (Å²) >= 11 is 6.16. The molecule has 2 aromatic carbocycles. The van der Waals surface area contributed by atoms with Gasteiger partial charge in [-0.05, 0) is 61.6 Å². The molecule has 1 unspecified atom stereocenters. The second-order valence-corrected chi connectivity index (χ2v) is 11.8. The molecule has 0 spiro atoms. The summed E-state index contributed by atoms with van der Waals surface area (Å²) in [7, 11) is -2.28. The third kappa shape index (κ3) is 7.61. The van der Waals surface area contributed by atoms with E-state index in [1.54, 1.807) is 38.3 Å². The Labute approximate surface area is 225 Å². The van der Waals surface area contributed by atoms with Gasteiger partial charge in [0, 0.05) is 17.6 Å². The van der Waals surface area contributed by atoms with Crippen molar-refractivity contribution in [2.45, 2.75) is 64.6 Å². The van der Waals surface area contributed by atoms with Crippen molar-refractivity contribution < 1.29 is 22.7 Å². The minimum absolute atomic E-state index is 0.0944. The van der Waals surface area contributed by atoms with E-state index in [1.807, 2.05) is 19.1 Å². The third-order valence-electron chi connectivity index (χ3n) is 6.69. The standard InChI is InChI=1S/C27H36ClN3O5S/c1-5-24(27(33)29-22-10-6-7-11-22)30(17-20-9-8-12-23(15-20)36-3)26(32)18-31(37(4,34)35)25-16-21(28)14-13-19(25)2/h8-9,12-16,22,24H,5-7,10-11,17-18H2,1-4H3,(H,29,33). The first-order chi connectivity index (χ1) is 17.5. The molecule has 1 atom stereocenters. The number of rotatable bonds is 11. The van der Waals surface area contributed by atoms with Gasteiger partial charge in [-0.15, -0.1) is 0 Å². The van der Waals surface area contributed by atoms with Crippen LogP contribution in [0.25, 0.3) is 0 Å². The number of ether oxygens (including phenoxy) is 1. The minimum atomic E-state index is -3.83. The highest BCUT2D eigenvalue weighted by molar-refractivity contribution is 7.92. The number of hydrogen-bond acceptors (Lipinski definition) is 5. The van der Waals surface area contributed by atoms with Crippen LogP contribution in [0.3, 0.4) is 0 Å². The lowest BCUT2D eigenvalue weighted by atomic mass is 10.1. The highest BCUT2D eigenvalue weighted by atomic mass is 35.5. The summed E-state index contributed by atoms with van der Waals surface area (Å²) in [6.07, 6.45) is 5.40. The van der Waals surface area contributed by atoms with Crippen molar-refractivity contribution in [1.82, 2.24) is 10.2 Å². The number of nitrogens with zero attached hydrogens (tertiary/aromatic N) is 2. The van der Waals surface area contributed by atoms with Crippen molar-refractivity contribution >= 4 is 39.1 Å². The molecule has 0 aromatic heterocycles. The number of nitrogens with one attached hydrogen (secondary N) is 1. The van der Waals surface area contributed by atoms with Crippen LogP contribution in [0.1, 0.15) is 50.2 Å². The van der Waals surface area contributed by atoms with Gasteiger partial charge in [0.25, 0.3) is 0 Å². The Hall–Kier alpha value is -2.78. The summed E-state index contributed by atoms with van der Waals surface area (Å²) in [6.45, 7) is 3.27. The average Bonchev–Trinajstić information content (AvgIpc) is 3.36. The Balaban J connectivity index is 1.96. The topological polar surface area (TPSA) is 96.0 Å². The van der Waals surface area contributed by atoms with Crippen LogP contribution in [0.4, 0.5) is 5.69 Å². The number of halogens is 1. The van der Waals surface area contributed by atoms with Crippen LogP contribution < -0.4 is 14.4 Å². The molecule has 1 N–H and O–H groups in total. The molecule has 1 saturated carbocycles. The van der Waals surface area contributed by atoms with E-state index in [0.29, 0.717) is 28.4 Å². The van der Waals surface area contributed by atoms with E-state index >= 15 is 0 Å². The molecule has 1 aliphatic rings. The number of amides is 2. The monoisotopic (exact) mass is 549 g/mol. The third-order valence-corrected chi connectivity index (χ3v) is 8.06. The van der Waals surface area contributed by atoms with Crippen molar-refractivity contribution in [3.63, 3.8) is 0 Å². The predicted octanol–water partition coefficient (Wildman–Crippen LogP) is 4.29. The zero-order chi connectivity index (χ0) is 27.2. The number of benzene rings is 2. The number of aryl methyl sites for hydroxylation is 1. The first-order valence-electron chi connectivity index (χ1n) is 12.5. The number of carbonyl (C=O) groups is 2. The van der Waals surface area contributed by atoms with Gasteiger partial charge >= 0.3 is 0 Å². The van der Waals surface area contributed by atoms with E-state index in [-0.39, 0.29) is 18.5 Å². The number of methoxy groups -OCH3 is 1. The molecule has 0 heterocycles. The fraction of sp³-hybridized carbons (Fsp3) is 0.481. The fourth-order valence-electron chi connectivity index (χ4n) is 4.70. The lowest BCUT2D eigenvalue weighted by Gasteiger charge is -2.33. The quantitative estimate of drug-likeness (QED) is 0.451. The fourth-order valence-corrected chi connectivity index (χ4v) is 5.77. The van der Waals surface area contributed by atoms with Crippen LogP contribution in [0.15, 0.2) is 42.5 Å². The molecule has 1 fully saturated rings. The molecule has 202 valence electrons. The second kappa shape index (κ2) is 12.6. The smallest absolute Gasteiger partial charge is 0.244 e. The van der Waals surface area contributed by atoms with Gasteiger partial charge in [0.2, 0.25) is 21.8 Å². The average molecular weight is 550 g/mol. The van der Waals surface area contributed by atoms with Crippen molar-refractivity contribution in [3.8, 4) is 5.75 Å². The second-order valence-electron chi connectivity index (χ2n) is 9.49. The molecule has 2 aromatic rings. The highest BCUT2D eigenvalue weighted by Gasteiger charge is 2.33. The molecule has 1 aliphatic carbocycles. The van der Waals surface area contributed by atoms with Crippen LogP contribution in [0, 0.1) is 6.92 Å². The Morgan fingerprint density at radius 1 is 1.16 bits per heavy atom. The van der Waals surface area contributed by atoms with Crippen molar-refractivity contribution in [2.75, 3.05) is 24.2 Å². The Morgan fingerprint density at radius 2 is 1.86 bits per heavy atom. The molecule has 0 saturated heterocycles. The summed E-state index contributed by atoms with van der Waals surface area (Å²) in [5.74, 6) is -0.0859. The van der Waals surface area contributed by atoms with E-state index in [9.17, 15) is 18.0 Å². The zero-order valence-electron chi connectivity index (χ0n) is 21.9. The molecule has 2 amide bonds. The van der Waals surface area contributed by atoms with E-state index in [0.717, 1.165) is 41.8 Å². The van der Waals surface area contributed by atoms with Crippen LogP contribution in [-0.4, -0.2) is 57.1 Å². The number of sulfonamides is 1. The number of anilines is 1. The maximum Gasteiger partial charge on any atom is 0.244 e. The van der Waals surface area contributed by atoms with Gasteiger partial charge in [-0.2, -0.15) is 0 Å². The Bertz CT molecular complexity index is 1210. The van der Waals surface area contributed by atoms with E-state index in [4.69, 9.17) is 16.3 Å². The minimum Gasteiger partial charge on any atom is -0.497 e. The normalized spacial score (nSPS) is 14.7. The molecule has 0 radical (unpaired) electrons. The highest BCUT2D eigenvalue weighted by Crippen LogP contribution is 2.27. The van der Waals surface area contributed by atoms with Crippen LogP contribution in [0.5, 0.6) is 5.75 Å². The summed E-state index contributed by atoms with van der Waals surface area (Å²) in [4.78, 5) is 28.7. The molecule has 0 aliphatic heterocycles. The van der Waals surface area contributed by atoms with Crippen molar-refractivity contribution in [3.05, 3.63) is 58.6 Å². The first kappa shape index (κ1) is 28.8. The van der Waals surface area contributed by atoms with Gasteiger partial charge in [0.1, 0.15) is 18.3 Å². The predicted molar refractivity (Wildman–Crippen MR) is 146 cm³/mol. The maximum absolute atomic E-state index is 13.8. The molecule has 8 nitrogen and oxygen atoms in total. The summed E-state index contributed by atoms with van der Waals surface area (Å²) in [5.41, 5.74) is 1.76. The molecular weight excluding hydrogens is 514 g/mol. The lowest BCUT2D eigenvalue weighted by Crippen LogP contribution is -2.53.